The summed E-state index contributed by atoms with van der Waals surface area (Å²) in [4.78, 5) is 11.7. The van der Waals surface area contributed by atoms with Crippen LogP contribution in [0.3, 0.4) is 0 Å². The van der Waals surface area contributed by atoms with E-state index in [0.29, 0.717) is 12.0 Å². The van der Waals surface area contributed by atoms with Crippen molar-refractivity contribution in [2.24, 2.45) is 0 Å². The number of nitriles is 1. The lowest BCUT2D eigenvalue weighted by molar-refractivity contribution is -0.145. The fourth-order valence-corrected chi connectivity index (χ4v) is 3.47. The van der Waals surface area contributed by atoms with Crippen molar-refractivity contribution in [2.45, 2.75) is 136 Å². The van der Waals surface area contributed by atoms with Crippen molar-refractivity contribution in [3.63, 3.8) is 0 Å². The lowest BCUT2D eigenvalue weighted by Crippen LogP contribution is -2.16. The number of unbranched alkanes of at least 4 members (excludes halogenated alkanes) is 15. The van der Waals surface area contributed by atoms with Crippen molar-refractivity contribution >= 4 is 5.97 Å². The van der Waals surface area contributed by atoms with Crippen LogP contribution in [0.15, 0.2) is 24.3 Å². The molecule has 0 aromatic carbocycles. The highest BCUT2D eigenvalue weighted by atomic mass is 16.5. The molecule has 0 fully saturated rings. The number of rotatable bonds is 21. The van der Waals surface area contributed by atoms with Crippen LogP contribution in [0.5, 0.6) is 0 Å². The number of allylic oxidation sites excluding steroid dienone is 2. The molecule has 0 radical (unpaired) electrons. The van der Waals surface area contributed by atoms with E-state index in [9.17, 15) is 4.79 Å². The average Bonchev–Trinajstić information content (AvgIpc) is 2.73. The lowest BCUT2D eigenvalue weighted by Gasteiger charge is -2.10. The first kappa shape index (κ1) is 28.4. The predicted molar refractivity (Wildman–Crippen MR) is 128 cm³/mol. The Bertz CT molecular complexity index is 490. The monoisotopic (exact) mass is 417 g/mol. The Morgan fingerprint density at radius 3 is 1.70 bits per heavy atom. The summed E-state index contributed by atoms with van der Waals surface area (Å²) in [6.45, 7) is 7.64. The van der Waals surface area contributed by atoms with Gasteiger partial charge in [-0.2, -0.15) is 5.26 Å². The predicted octanol–water partition coefficient (Wildman–Crippen LogP) is 8.60. The van der Waals surface area contributed by atoms with Gasteiger partial charge in [-0.15, -0.1) is 0 Å². The molecule has 0 aromatic heterocycles. The Morgan fingerprint density at radius 1 is 0.833 bits per heavy atom. The summed E-state index contributed by atoms with van der Waals surface area (Å²) in [5.41, 5.74) is 0.579. The van der Waals surface area contributed by atoms with Crippen molar-refractivity contribution in [3.05, 3.63) is 24.3 Å². The third-order valence-electron chi connectivity index (χ3n) is 5.46. The Hall–Kier alpha value is -1.56. The highest BCUT2D eigenvalue weighted by molar-refractivity contribution is 5.70. The zero-order valence-corrected chi connectivity index (χ0v) is 19.9. The second kappa shape index (κ2) is 22.1. The van der Waals surface area contributed by atoms with Gasteiger partial charge in [-0.3, -0.25) is 4.79 Å². The van der Waals surface area contributed by atoms with Gasteiger partial charge in [0.2, 0.25) is 6.10 Å². The van der Waals surface area contributed by atoms with Crippen LogP contribution in [0, 0.1) is 11.3 Å². The van der Waals surface area contributed by atoms with E-state index in [-0.39, 0.29) is 5.97 Å². The van der Waals surface area contributed by atoms with Gasteiger partial charge in [0.1, 0.15) is 6.07 Å². The lowest BCUT2D eigenvalue weighted by atomic mass is 10.1. The number of hydrogen-bond acceptors (Lipinski definition) is 3. The number of nitrogens with zero attached hydrogens (tertiary/aromatic N) is 1. The van der Waals surface area contributed by atoms with Crippen LogP contribution >= 0.6 is 0 Å². The van der Waals surface area contributed by atoms with E-state index in [1.54, 1.807) is 6.92 Å². The highest BCUT2D eigenvalue weighted by Gasteiger charge is 2.13. The average molecular weight is 418 g/mol. The van der Waals surface area contributed by atoms with E-state index in [1.807, 2.05) is 6.07 Å². The minimum absolute atomic E-state index is 0.287. The highest BCUT2D eigenvalue weighted by Crippen LogP contribution is 2.13. The first-order chi connectivity index (χ1) is 14.6. The number of ether oxygens (including phenoxy) is 1. The van der Waals surface area contributed by atoms with Crippen molar-refractivity contribution in [1.29, 1.82) is 5.26 Å². The Kier molecular flexibility index (Phi) is 21.0. The fourth-order valence-electron chi connectivity index (χ4n) is 3.47. The van der Waals surface area contributed by atoms with Crippen LogP contribution in [-0.2, 0) is 9.53 Å². The molecule has 172 valence electrons. The largest absolute Gasteiger partial charge is 0.442 e. The maximum absolute atomic E-state index is 11.7. The normalized spacial score (nSPS) is 12.0. The number of esters is 1. The van der Waals surface area contributed by atoms with E-state index in [0.717, 1.165) is 12.8 Å². The van der Waals surface area contributed by atoms with Crippen LogP contribution in [0.1, 0.15) is 129 Å². The first-order valence-corrected chi connectivity index (χ1v) is 12.5. The van der Waals surface area contributed by atoms with E-state index in [4.69, 9.17) is 10.00 Å². The van der Waals surface area contributed by atoms with Gasteiger partial charge in [0.05, 0.1) is 0 Å². The molecule has 0 aromatic rings. The molecular formula is C27H47NO2. The molecule has 0 aliphatic heterocycles. The summed E-state index contributed by atoms with van der Waals surface area (Å²) in [5.74, 6) is -0.287. The van der Waals surface area contributed by atoms with E-state index >= 15 is 0 Å². The van der Waals surface area contributed by atoms with Crippen LogP contribution in [0.2, 0.25) is 0 Å². The zero-order chi connectivity index (χ0) is 22.3. The fraction of sp³-hybridized carbons (Fsp3) is 0.778. The van der Waals surface area contributed by atoms with Crippen molar-refractivity contribution in [1.82, 2.24) is 0 Å². The topological polar surface area (TPSA) is 50.1 Å². The quantitative estimate of drug-likeness (QED) is 0.107. The van der Waals surface area contributed by atoms with E-state index in [1.165, 1.54) is 96.3 Å². The first-order valence-electron chi connectivity index (χ1n) is 12.5. The SMILES string of the molecule is C=C(C)C(C#N)OC(=O)CCCCCCCCCCC/C=C\CCCCCCCC. The summed E-state index contributed by atoms with van der Waals surface area (Å²) < 4.78 is 5.09. The minimum atomic E-state index is -0.798. The second-order valence-corrected chi connectivity index (χ2v) is 8.59. The number of hydrogen-bond donors (Lipinski definition) is 0. The molecule has 30 heavy (non-hydrogen) atoms. The van der Waals surface area contributed by atoms with Crippen LogP contribution in [0.25, 0.3) is 0 Å². The van der Waals surface area contributed by atoms with Crippen LogP contribution in [-0.4, -0.2) is 12.1 Å². The summed E-state index contributed by atoms with van der Waals surface area (Å²) in [6.07, 6.45) is 26.1. The molecule has 3 nitrogen and oxygen atoms in total. The van der Waals surface area contributed by atoms with Crippen molar-refractivity contribution in [2.75, 3.05) is 0 Å². The van der Waals surface area contributed by atoms with Crippen molar-refractivity contribution in [3.8, 4) is 6.07 Å². The molecule has 0 heterocycles. The van der Waals surface area contributed by atoms with Crippen LogP contribution < -0.4 is 0 Å². The van der Waals surface area contributed by atoms with E-state index < -0.39 is 6.10 Å². The molecule has 0 aliphatic carbocycles. The van der Waals surface area contributed by atoms with Gasteiger partial charge in [0.25, 0.3) is 0 Å². The second-order valence-electron chi connectivity index (χ2n) is 8.59. The summed E-state index contributed by atoms with van der Waals surface area (Å²) in [7, 11) is 0. The maximum Gasteiger partial charge on any atom is 0.307 e. The van der Waals surface area contributed by atoms with Crippen molar-refractivity contribution < 1.29 is 9.53 Å². The summed E-state index contributed by atoms with van der Waals surface area (Å²) >= 11 is 0. The molecule has 0 rings (SSSR count). The molecule has 0 saturated carbocycles. The summed E-state index contributed by atoms with van der Waals surface area (Å²) in [5, 5.41) is 8.89. The molecule has 1 atom stereocenters. The van der Waals surface area contributed by atoms with E-state index in [2.05, 4.69) is 25.7 Å². The van der Waals surface area contributed by atoms with Gasteiger partial charge in [-0.1, -0.05) is 103 Å². The third-order valence-corrected chi connectivity index (χ3v) is 5.46. The minimum Gasteiger partial charge on any atom is -0.442 e. The molecule has 0 spiro atoms. The molecule has 0 saturated heterocycles. The summed E-state index contributed by atoms with van der Waals surface area (Å²) in [6, 6.07) is 1.95. The number of carbonyl (C=O) groups is 1. The molecule has 0 N–H and O–H groups in total. The molecule has 0 bridgehead atoms. The van der Waals surface area contributed by atoms with Gasteiger partial charge >= 0.3 is 5.97 Å². The van der Waals surface area contributed by atoms with Gasteiger partial charge in [-0.05, 0) is 44.6 Å². The zero-order valence-electron chi connectivity index (χ0n) is 19.9. The Labute approximate surface area is 187 Å². The molecule has 0 amide bonds. The molecule has 3 heteroatoms. The van der Waals surface area contributed by atoms with Gasteiger partial charge < -0.3 is 4.74 Å². The van der Waals surface area contributed by atoms with Gasteiger partial charge in [0, 0.05) is 6.42 Å². The Balaban J connectivity index is 3.30. The molecule has 1 unspecified atom stereocenters. The maximum atomic E-state index is 11.7. The Morgan fingerprint density at radius 2 is 1.27 bits per heavy atom. The smallest absolute Gasteiger partial charge is 0.307 e. The molecular weight excluding hydrogens is 370 g/mol. The third kappa shape index (κ3) is 19.7. The number of carbonyl (C=O) groups excluding carboxylic acids is 1. The standard InChI is InChI=1S/C27H47NO2/c1-4-5-6-7-8-9-10-11-12-13-14-15-16-17-18-19-20-21-22-23-27(29)30-26(24-28)25(2)3/h11-12,26H,2,4-10,13-23H2,1,3H3/b12-11-. The van der Waals surface area contributed by atoms with Gasteiger partial charge in [-0.25, -0.2) is 0 Å². The molecule has 0 aliphatic rings. The van der Waals surface area contributed by atoms with Crippen LogP contribution in [0.4, 0.5) is 0 Å². The van der Waals surface area contributed by atoms with Gasteiger partial charge in [0.15, 0.2) is 0 Å².